The Balaban J connectivity index is 1.38. The van der Waals surface area contributed by atoms with Crippen molar-refractivity contribution in [2.75, 3.05) is 19.0 Å². The second-order valence-electron chi connectivity index (χ2n) is 8.80. The number of aromatic hydroxyl groups is 1. The zero-order valence-electron chi connectivity index (χ0n) is 19.2. The summed E-state index contributed by atoms with van der Waals surface area (Å²) in [6.45, 7) is 0.424. The highest BCUT2D eigenvalue weighted by molar-refractivity contribution is 7.92. The molecule has 180 valence electrons. The van der Waals surface area contributed by atoms with Crippen LogP contribution in [0, 0.1) is 0 Å². The van der Waals surface area contributed by atoms with Gasteiger partial charge in [-0.25, -0.2) is 8.42 Å². The fourth-order valence-electron chi connectivity index (χ4n) is 4.75. The van der Waals surface area contributed by atoms with Crippen molar-refractivity contribution in [3.05, 3.63) is 101 Å². The quantitative estimate of drug-likeness (QED) is 0.463. The number of nitrogens with zero attached hydrogens (tertiary/aromatic N) is 1. The number of sulfone groups is 1. The maximum absolute atomic E-state index is 12.8. The predicted octanol–water partition coefficient (Wildman–Crippen LogP) is 4.68. The monoisotopic (exact) mass is 489 g/mol. The van der Waals surface area contributed by atoms with E-state index in [0.717, 1.165) is 28.0 Å². The molecule has 6 nitrogen and oxygen atoms in total. The van der Waals surface area contributed by atoms with Crippen LogP contribution in [0.3, 0.4) is 0 Å². The average Bonchev–Trinajstić information content (AvgIpc) is 3.41. The minimum Gasteiger partial charge on any atom is -0.508 e. The van der Waals surface area contributed by atoms with E-state index in [1.165, 1.54) is 0 Å². The highest BCUT2D eigenvalue weighted by atomic mass is 32.2. The van der Waals surface area contributed by atoms with Crippen LogP contribution in [0.1, 0.15) is 24.1 Å². The van der Waals surface area contributed by atoms with Crippen molar-refractivity contribution in [3.63, 3.8) is 0 Å². The molecule has 1 N–H and O–H groups in total. The van der Waals surface area contributed by atoms with E-state index < -0.39 is 15.1 Å². The van der Waals surface area contributed by atoms with Crippen molar-refractivity contribution in [3.8, 4) is 11.5 Å². The lowest BCUT2D eigenvalue weighted by Crippen LogP contribution is -2.19. The summed E-state index contributed by atoms with van der Waals surface area (Å²) in [4.78, 5) is 4.51. The number of hydrogen-bond acceptors (Lipinski definition) is 6. The Morgan fingerprint density at radius 1 is 1.09 bits per heavy atom. The summed E-state index contributed by atoms with van der Waals surface area (Å²) in [5, 5.41) is 9.29. The second-order valence-corrected chi connectivity index (χ2v) is 11.0. The first-order valence-electron chi connectivity index (χ1n) is 11.6. The molecule has 1 aromatic heterocycles. The minimum atomic E-state index is -3.29. The Bertz CT molecular complexity index is 1350. The number of benzene rings is 2. The molecular formula is C28H27NO5S. The molecule has 3 heterocycles. The highest BCUT2D eigenvalue weighted by Crippen LogP contribution is 2.39. The number of aromatic nitrogens is 1. The standard InChI is InChI=1S/C28H27NO5S/c30-23-8-6-7-20(16-23)15-21(25-11-4-5-14-29-25)12-13-26-28-22(17-33-24-9-2-1-3-10-24)19-35(31,32)27(28)18-34-26/h1-11,14-16,26-27,30H,12-13,17-19H2/b21-15-/t26-,27+/m1/s1. The normalized spacial score (nSPS) is 21.2. The van der Waals surface area contributed by atoms with Gasteiger partial charge in [0.15, 0.2) is 9.84 Å². The van der Waals surface area contributed by atoms with Crippen LogP contribution in [0.15, 0.2) is 90.1 Å². The third-order valence-corrected chi connectivity index (χ3v) is 8.40. The van der Waals surface area contributed by atoms with E-state index in [1.807, 2.05) is 60.7 Å². The summed E-state index contributed by atoms with van der Waals surface area (Å²) in [6.07, 6.45) is 4.73. The highest BCUT2D eigenvalue weighted by Gasteiger charge is 2.47. The maximum atomic E-state index is 12.8. The molecule has 2 aliphatic rings. The second kappa shape index (κ2) is 10.1. The zero-order valence-corrected chi connectivity index (χ0v) is 20.0. The van der Waals surface area contributed by atoms with Crippen LogP contribution in [0.25, 0.3) is 11.6 Å². The van der Waals surface area contributed by atoms with Gasteiger partial charge in [-0.1, -0.05) is 36.4 Å². The van der Waals surface area contributed by atoms with E-state index in [1.54, 1.807) is 24.4 Å². The Morgan fingerprint density at radius 3 is 2.69 bits per heavy atom. The van der Waals surface area contributed by atoms with Crippen molar-refractivity contribution in [1.29, 1.82) is 0 Å². The predicted molar refractivity (Wildman–Crippen MR) is 136 cm³/mol. The van der Waals surface area contributed by atoms with Gasteiger partial charge in [-0.15, -0.1) is 0 Å². The molecule has 5 rings (SSSR count). The van der Waals surface area contributed by atoms with Gasteiger partial charge in [-0.3, -0.25) is 4.98 Å². The first kappa shape index (κ1) is 23.3. The van der Waals surface area contributed by atoms with Gasteiger partial charge in [0, 0.05) is 6.20 Å². The molecule has 2 aromatic carbocycles. The molecule has 0 spiro atoms. The number of para-hydroxylation sites is 1. The zero-order chi connectivity index (χ0) is 24.3. The minimum absolute atomic E-state index is 0.0198. The molecule has 2 atom stereocenters. The van der Waals surface area contributed by atoms with Gasteiger partial charge < -0.3 is 14.6 Å². The van der Waals surface area contributed by atoms with E-state index in [4.69, 9.17) is 9.47 Å². The molecule has 3 aromatic rings. The first-order valence-corrected chi connectivity index (χ1v) is 13.3. The summed E-state index contributed by atoms with van der Waals surface area (Å²) >= 11 is 0. The lowest BCUT2D eigenvalue weighted by atomic mass is 9.95. The van der Waals surface area contributed by atoms with E-state index in [-0.39, 0.29) is 30.8 Å². The van der Waals surface area contributed by atoms with Crippen LogP contribution in [-0.4, -0.2) is 48.8 Å². The third kappa shape index (κ3) is 5.31. The van der Waals surface area contributed by atoms with Crippen molar-refractivity contribution in [2.24, 2.45) is 0 Å². The first-order chi connectivity index (χ1) is 17.0. The molecule has 0 amide bonds. The van der Waals surface area contributed by atoms with Crippen LogP contribution in [0.4, 0.5) is 0 Å². The molecule has 0 aliphatic carbocycles. The van der Waals surface area contributed by atoms with Crippen LogP contribution >= 0.6 is 0 Å². The van der Waals surface area contributed by atoms with Gasteiger partial charge in [0.25, 0.3) is 0 Å². The number of hydrogen-bond donors (Lipinski definition) is 1. The topological polar surface area (TPSA) is 85.7 Å². The summed E-state index contributed by atoms with van der Waals surface area (Å²) in [5.74, 6) is 0.931. The SMILES string of the molecule is O=S1(=O)CC(COc2ccccc2)=C2[C@@H](CC/C(=C/c3cccc(O)c3)c3ccccn3)OC[C@@H]21. The smallest absolute Gasteiger partial charge is 0.163 e. The number of ether oxygens (including phenoxy) is 2. The van der Waals surface area contributed by atoms with Crippen molar-refractivity contribution in [1.82, 2.24) is 4.98 Å². The van der Waals surface area contributed by atoms with Gasteiger partial charge >= 0.3 is 0 Å². The lowest BCUT2D eigenvalue weighted by Gasteiger charge is -2.16. The van der Waals surface area contributed by atoms with E-state index in [9.17, 15) is 13.5 Å². The lowest BCUT2D eigenvalue weighted by molar-refractivity contribution is 0.118. The van der Waals surface area contributed by atoms with Crippen LogP contribution in [0.2, 0.25) is 0 Å². The van der Waals surface area contributed by atoms with Gasteiger partial charge in [-0.05, 0) is 77.6 Å². The molecule has 0 bridgehead atoms. The van der Waals surface area contributed by atoms with Crippen LogP contribution in [0.5, 0.6) is 11.5 Å². The molecule has 0 saturated carbocycles. The number of pyridine rings is 1. The maximum Gasteiger partial charge on any atom is 0.163 e. The van der Waals surface area contributed by atoms with E-state index in [2.05, 4.69) is 4.98 Å². The number of phenols is 1. The summed E-state index contributed by atoms with van der Waals surface area (Å²) < 4.78 is 37.6. The number of allylic oxidation sites excluding steroid dienone is 1. The Kier molecular flexibility index (Phi) is 6.70. The summed E-state index contributed by atoms with van der Waals surface area (Å²) in [7, 11) is -3.29. The Labute approximate surface area is 205 Å². The fourth-order valence-corrected chi connectivity index (χ4v) is 6.68. The number of fused-ring (bicyclic) bond motifs is 1. The number of phenolic OH excluding ortho intramolecular Hbond substituents is 1. The summed E-state index contributed by atoms with van der Waals surface area (Å²) in [6, 6.07) is 22.2. The molecule has 7 heteroatoms. The van der Waals surface area contributed by atoms with Gasteiger partial charge in [-0.2, -0.15) is 0 Å². The Hall–Kier alpha value is -3.42. The largest absolute Gasteiger partial charge is 0.508 e. The van der Waals surface area contributed by atoms with Crippen molar-refractivity contribution >= 4 is 21.5 Å². The molecule has 35 heavy (non-hydrogen) atoms. The Morgan fingerprint density at radius 2 is 1.91 bits per heavy atom. The molecule has 0 radical (unpaired) electrons. The molecule has 2 aliphatic heterocycles. The fraction of sp³-hybridized carbons (Fsp3) is 0.250. The van der Waals surface area contributed by atoms with E-state index >= 15 is 0 Å². The molecule has 0 unspecified atom stereocenters. The van der Waals surface area contributed by atoms with Crippen LogP contribution < -0.4 is 4.74 Å². The third-order valence-electron chi connectivity index (χ3n) is 6.40. The number of rotatable bonds is 8. The van der Waals surface area contributed by atoms with Gasteiger partial charge in [0.05, 0.1) is 24.2 Å². The summed E-state index contributed by atoms with van der Waals surface area (Å²) in [5.41, 5.74) is 4.37. The van der Waals surface area contributed by atoms with Gasteiger partial charge in [0.1, 0.15) is 23.4 Å². The molecular weight excluding hydrogens is 462 g/mol. The van der Waals surface area contributed by atoms with Gasteiger partial charge in [0.2, 0.25) is 0 Å². The van der Waals surface area contributed by atoms with Crippen molar-refractivity contribution in [2.45, 2.75) is 24.2 Å². The van der Waals surface area contributed by atoms with Crippen LogP contribution in [-0.2, 0) is 14.6 Å². The molecule has 1 fully saturated rings. The van der Waals surface area contributed by atoms with Crippen molar-refractivity contribution < 1.29 is 23.0 Å². The molecule has 1 saturated heterocycles. The van der Waals surface area contributed by atoms with E-state index in [0.29, 0.717) is 18.6 Å². The average molecular weight is 490 g/mol.